The maximum absolute atomic E-state index is 13.3. The van der Waals surface area contributed by atoms with Crippen LogP contribution in [0.4, 0.5) is 0 Å². The second-order valence-corrected chi connectivity index (χ2v) is 14.0. The van der Waals surface area contributed by atoms with Gasteiger partial charge in [0.15, 0.2) is 0 Å². The molecule has 54 heavy (non-hydrogen) atoms. The van der Waals surface area contributed by atoms with Crippen molar-refractivity contribution in [2.45, 2.75) is 84.8 Å². The van der Waals surface area contributed by atoms with Crippen LogP contribution in [-0.4, -0.2) is 89.3 Å². The summed E-state index contributed by atoms with van der Waals surface area (Å²) in [5, 5.41) is 24.1. The van der Waals surface area contributed by atoms with E-state index in [1.165, 1.54) is 6.92 Å². The van der Waals surface area contributed by atoms with Crippen LogP contribution in [0.5, 0.6) is 0 Å². The summed E-state index contributed by atoms with van der Waals surface area (Å²) in [5.41, 5.74) is 8.49. The van der Waals surface area contributed by atoms with Gasteiger partial charge in [-0.05, 0) is 55.7 Å². The lowest BCUT2D eigenvalue weighted by molar-refractivity contribution is -0.135. The van der Waals surface area contributed by atoms with Crippen molar-refractivity contribution in [1.82, 2.24) is 42.1 Å². The quantitative estimate of drug-likeness (QED) is 0.0739. The SMILES string of the molecule is CC(=O)N[C@@H](CC(C)C)C(=O)N[C@@H](CC(N)=O)C(=O)N[C@@H](CC(C)C)C(=O)NCC(=O)NCCCCNC(=O)c1ccc(-c2n[nH]c3ccccc23)cc1. The number of nitrogens with zero attached hydrogens (tertiary/aromatic N) is 1. The molecule has 0 spiro atoms. The van der Waals surface area contributed by atoms with Crippen LogP contribution in [0.3, 0.4) is 0 Å². The molecule has 1 heterocycles. The van der Waals surface area contributed by atoms with Crippen molar-refractivity contribution in [3.8, 4) is 11.3 Å². The van der Waals surface area contributed by atoms with E-state index in [9.17, 15) is 33.6 Å². The lowest BCUT2D eigenvalue weighted by Crippen LogP contribution is -2.58. The van der Waals surface area contributed by atoms with Crippen LogP contribution < -0.4 is 37.6 Å². The third kappa shape index (κ3) is 14.0. The molecular formula is C38H53N9O7. The number of hydrogen-bond donors (Lipinski definition) is 8. The third-order valence-electron chi connectivity index (χ3n) is 8.30. The standard InChI is InChI=1S/C38H53N9O7/c1-22(2)18-29(44-38(54)31(20-32(39)49)45-37(53)30(19-23(3)4)43-24(5)48)36(52)42-21-33(50)40-16-8-9-17-41-35(51)26-14-12-25(13-15-26)34-27-10-6-7-11-28(27)46-47-34/h6-7,10-15,22-23,29-31H,8-9,16-21H2,1-5H3,(H2,39,49)(H,40,50)(H,41,51)(H,42,52)(H,43,48)(H,44,54)(H,45,53)(H,46,47)/t29-,30-,31-/m0/s1. The molecule has 0 aliphatic heterocycles. The number of aromatic amines is 1. The molecule has 2 aromatic carbocycles. The van der Waals surface area contributed by atoms with E-state index < -0.39 is 60.0 Å². The fraction of sp³-hybridized carbons (Fsp3) is 0.474. The van der Waals surface area contributed by atoms with Crippen molar-refractivity contribution in [3.05, 3.63) is 54.1 Å². The second-order valence-electron chi connectivity index (χ2n) is 14.0. The monoisotopic (exact) mass is 747 g/mol. The molecular weight excluding hydrogens is 694 g/mol. The van der Waals surface area contributed by atoms with Gasteiger partial charge in [-0.3, -0.25) is 38.7 Å². The Hall–Kier alpha value is -5.80. The molecule has 9 N–H and O–H groups in total. The van der Waals surface area contributed by atoms with Crippen molar-refractivity contribution in [1.29, 1.82) is 0 Å². The molecule has 3 rings (SSSR count). The van der Waals surface area contributed by atoms with Crippen molar-refractivity contribution in [2.24, 2.45) is 17.6 Å². The molecule has 3 atom stereocenters. The Morgan fingerprint density at radius 2 is 1.28 bits per heavy atom. The smallest absolute Gasteiger partial charge is 0.251 e. The highest BCUT2D eigenvalue weighted by atomic mass is 16.2. The van der Waals surface area contributed by atoms with E-state index in [1.807, 2.05) is 64.1 Å². The van der Waals surface area contributed by atoms with Crippen molar-refractivity contribution < 1.29 is 33.6 Å². The highest BCUT2D eigenvalue weighted by Crippen LogP contribution is 2.26. The van der Waals surface area contributed by atoms with E-state index in [-0.39, 0.29) is 37.1 Å². The molecule has 16 nitrogen and oxygen atoms in total. The van der Waals surface area contributed by atoms with Crippen LogP contribution in [-0.2, 0) is 28.8 Å². The number of nitrogens with one attached hydrogen (secondary N) is 7. The van der Waals surface area contributed by atoms with E-state index in [0.29, 0.717) is 31.5 Å². The van der Waals surface area contributed by atoms with Crippen LogP contribution in [0.2, 0.25) is 0 Å². The molecule has 0 unspecified atom stereocenters. The van der Waals surface area contributed by atoms with Gasteiger partial charge in [-0.25, -0.2) is 0 Å². The highest BCUT2D eigenvalue weighted by Gasteiger charge is 2.31. The average Bonchev–Trinajstić information content (AvgIpc) is 3.54. The van der Waals surface area contributed by atoms with Crippen molar-refractivity contribution in [3.63, 3.8) is 0 Å². The van der Waals surface area contributed by atoms with Crippen LogP contribution in [0, 0.1) is 11.8 Å². The van der Waals surface area contributed by atoms with E-state index in [1.54, 1.807) is 12.1 Å². The first kappa shape index (κ1) is 42.6. The van der Waals surface area contributed by atoms with E-state index in [0.717, 1.165) is 22.2 Å². The van der Waals surface area contributed by atoms with E-state index in [4.69, 9.17) is 5.73 Å². The molecule has 0 aliphatic rings. The Balaban J connectivity index is 1.42. The minimum Gasteiger partial charge on any atom is -0.370 e. The summed E-state index contributed by atoms with van der Waals surface area (Å²) in [6.07, 6.45) is 1.13. The molecule has 0 fully saturated rings. The van der Waals surface area contributed by atoms with Crippen molar-refractivity contribution >= 4 is 52.3 Å². The number of H-pyrrole nitrogens is 1. The number of carbonyl (C=O) groups is 7. The zero-order valence-corrected chi connectivity index (χ0v) is 31.5. The topological polar surface area (TPSA) is 246 Å². The number of fused-ring (bicyclic) bond motifs is 1. The minimum atomic E-state index is -1.40. The van der Waals surface area contributed by atoms with Gasteiger partial charge in [-0.2, -0.15) is 5.10 Å². The number of amides is 7. The predicted octanol–water partition coefficient (Wildman–Crippen LogP) is 1.41. The van der Waals surface area contributed by atoms with Crippen LogP contribution in [0.15, 0.2) is 48.5 Å². The van der Waals surface area contributed by atoms with Gasteiger partial charge in [0.25, 0.3) is 5.91 Å². The zero-order chi connectivity index (χ0) is 39.8. The van der Waals surface area contributed by atoms with Gasteiger partial charge in [0.1, 0.15) is 18.1 Å². The zero-order valence-electron chi connectivity index (χ0n) is 31.5. The van der Waals surface area contributed by atoms with Crippen LogP contribution >= 0.6 is 0 Å². The van der Waals surface area contributed by atoms with E-state index in [2.05, 4.69) is 42.1 Å². The van der Waals surface area contributed by atoms with Gasteiger partial charge in [0.2, 0.25) is 35.4 Å². The van der Waals surface area contributed by atoms with Gasteiger partial charge in [0, 0.05) is 36.5 Å². The second kappa shape index (κ2) is 21.0. The maximum Gasteiger partial charge on any atom is 0.251 e. The number of carbonyl (C=O) groups excluding carboxylic acids is 7. The van der Waals surface area contributed by atoms with Crippen molar-refractivity contribution in [2.75, 3.05) is 19.6 Å². The Morgan fingerprint density at radius 3 is 1.89 bits per heavy atom. The number of aromatic nitrogens is 2. The number of unbranched alkanes of at least 4 members (excludes halogenated alkanes) is 1. The summed E-state index contributed by atoms with van der Waals surface area (Å²) < 4.78 is 0. The van der Waals surface area contributed by atoms with Gasteiger partial charge < -0.3 is 37.6 Å². The molecule has 0 aliphatic carbocycles. The van der Waals surface area contributed by atoms with Gasteiger partial charge in [-0.1, -0.05) is 58.0 Å². The average molecular weight is 748 g/mol. The first-order valence-electron chi connectivity index (χ1n) is 18.2. The number of para-hydroxylation sites is 1. The first-order valence-corrected chi connectivity index (χ1v) is 18.2. The molecule has 0 radical (unpaired) electrons. The van der Waals surface area contributed by atoms with Crippen LogP contribution in [0.1, 0.15) is 77.1 Å². The minimum absolute atomic E-state index is 0.0332. The van der Waals surface area contributed by atoms with Gasteiger partial charge in [0.05, 0.1) is 24.2 Å². The normalized spacial score (nSPS) is 12.7. The molecule has 16 heteroatoms. The Labute approximate surface area is 314 Å². The predicted molar refractivity (Wildman–Crippen MR) is 203 cm³/mol. The third-order valence-corrected chi connectivity index (χ3v) is 8.30. The molecule has 0 bridgehead atoms. The Kier molecular flexibility index (Phi) is 16.6. The first-order chi connectivity index (χ1) is 25.6. The lowest BCUT2D eigenvalue weighted by atomic mass is 10.0. The number of hydrogen-bond acceptors (Lipinski definition) is 8. The molecule has 3 aromatic rings. The molecule has 0 saturated heterocycles. The summed E-state index contributed by atoms with van der Waals surface area (Å²) in [4.78, 5) is 87.9. The lowest BCUT2D eigenvalue weighted by Gasteiger charge is -2.26. The highest BCUT2D eigenvalue weighted by molar-refractivity contribution is 5.98. The largest absolute Gasteiger partial charge is 0.370 e. The fourth-order valence-electron chi connectivity index (χ4n) is 5.70. The summed E-state index contributed by atoms with van der Waals surface area (Å²) in [7, 11) is 0. The number of benzene rings is 2. The number of nitrogens with two attached hydrogens (primary N) is 1. The summed E-state index contributed by atoms with van der Waals surface area (Å²) in [6.45, 7) is 9.03. The summed E-state index contributed by atoms with van der Waals surface area (Å²) >= 11 is 0. The molecule has 292 valence electrons. The molecule has 1 aromatic heterocycles. The van der Waals surface area contributed by atoms with E-state index >= 15 is 0 Å². The molecule has 0 saturated carbocycles. The summed E-state index contributed by atoms with van der Waals surface area (Å²) in [6, 6.07) is 11.6. The molecule has 7 amide bonds. The summed E-state index contributed by atoms with van der Waals surface area (Å²) in [5.74, 6) is -4.08. The number of primary amides is 1. The Bertz CT molecular complexity index is 1770. The van der Waals surface area contributed by atoms with Gasteiger partial charge in [-0.15, -0.1) is 0 Å². The Morgan fingerprint density at radius 1 is 0.704 bits per heavy atom. The number of rotatable bonds is 21. The fourth-order valence-corrected chi connectivity index (χ4v) is 5.70. The van der Waals surface area contributed by atoms with Crippen LogP contribution in [0.25, 0.3) is 22.2 Å². The van der Waals surface area contributed by atoms with Gasteiger partial charge >= 0.3 is 0 Å². The maximum atomic E-state index is 13.3.